The molecule has 1 fully saturated rings. The Morgan fingerprint density at radius 1 is 0.933 bits per heavy atom. The first kappa shape index (κ1) is 34.7. The van der Waals surface area contributed by atoms with Gasteiger partial charge in [-0.05, 0) is 53.2 Å². The van der Waals surface area contributed by atoms with E-state index in [0.717, 1.165) is 0 Å². The topological polar surface area (TPSA) is 157 Å². The molecule has 1 N–H and O–H groups in total. The van der Waals surface area contributed by atoms with Crippen LogP contribution in [0.5, 0.6) is 0 Å². The van der Waals surface area contributed by atoms with Gasteiger partial charge in [0.1, 0.15) is 17.3 Å². The summed E-state index contributed by atoms with van der Waals surface area (Å²) in [6, 6.07) is 9.28. The predicted octanol–water partition coefficient (Wildman–Crippen LogP) is 3.24. The first-order chi connectivity index (χ1) is 21.4. The molecule has 1 aliphatic heterocycles. The van der Waals surface area contributed by atoms with Crippen LogP contribution in [0.1, 0.15) is 63.6 Å². The zero-order valence-electron chi connectivity index (χ0n) is 26.4. The maximum atomic E-state index is 13.7. The van der Waals surface area contributed by atoms with Gasteiger partial charge in [0.05, 0.1) is 18.9 Å². The van der Waals surface area contributed by atoms with Gasteiger partial charge in [-0.3, -0.25) is 14.4 Å². The lowest BCUT2D eigenvalue weighted by Crippen LogP contribution is -2.56. The Morgan fingerprint density at radius 2 is 1.58 bits per heavy atom. The smallest absolute Gasteiger partial charge is 0.409 e. The largest absolute Gasteiger partial charge is 0.463 e. The van der Waals surface area contributed by atoms with Crippen molar-refractivity contribution >= 4 is 35.9 Å². The minimum absolute atomic E-state index is 0.0240. The highest BCUT2D eigenvalue weighted by molar-refractivity contribution is 5.97. The molecule has 3 amide bonds. The first-order valence-corrected chi connectivity index (χ1v) is 14.9. The van der Waals surface area contributed by atoms with Crippen LogP contribution in [0.2, 0.25) is 0 Å². The van der Waals surface area contributed by atoms with Crippen molar-refractivity contribution in [1.29, 1.82) is 0 Å². The number of hydrogen-bond donors (Lipinski definition) is 1. The van der Waals surface area contributed by atoms with Gasteiger partial charge in [-0.25, -0.2) is 19.6 Å². The zero-order chi connectivity index (χ0) is 33.0. The average Bonchev–Trinajstić information content (AvgIpc) is 3.01. The van der Waals surface area contributed by atoms with Gasteiger partial charge in [0.25, 0.3) is 5.91 Å². The van der Waals surface area contributed by atoms with Crippen molar-refractivity contribution in [3.05, 3.63) is 53.9 Å². The molecule has 13 heteroatoms. The van der Waals surface area contributed by atoms with Crippen LogP contribution in [0.15, 0.2) is 42.5 Å². The molecular weight excluding hydrogens is 582 g/mol. The van der Waals surface area contributed by atoms with Crippen LogP contribution in [-0.4, -0.2) is 101 Å². The van der Waals surface area contributed by atoms with Crippen LogP contribution >= 0.6 is 0 Å². The highest BCUT2D eigenvalue weighted by atomic mass is 16.6. The number of hydrogen-bond acceptors (Lipinski definition) is 10. The molecule has 242 valence electrons. The lowest BCUT2D eigenvalue weighted by Gasteiger charge is -2.36. The van der Waals surface area contributed by atoms with Crippen molar-refractivity contribution in [2.75, 3.05) is 39.4 Å². The van der Waals surface area contributed by atoms with E-state index in [1.165, 1.54) is 23.1 Å². The van der Waals surface area contributed by atoms with Crippen molar-refractivity contribution < 1.29 is 38.2 Å². The molecule has 0 aliphatic carbocycles. The quantitative estimate of drug-likeness (QED) is 0.224. The second kappa shape index (κ2) is 16.3. The van der Waals surface area contributed by atoms with Gasteiger partial charge < -0.3 is 29.3 Å². The molecule has 1 unspecified atom stereocenters. The molecule has 13 nitrogen and oxygen atoms in total. The lowest BCUT2D eigenvalue weighted by atomic mass is 10.1. The molecule has 2 aromatic rings. The number of aromatic nitrogens is 2. The van der Waals surface area contributed by atoms with Gasteiger partial charge in [0.2, 0.25) is 5.91 Å². The van der Waals surface area contributed by atoms with Crippen LogP contribution in [0.3, 0.4) is 0 Å². The van der Waals surface area contributed by atoms with E-state index < -0.39 is 41.5 Å². The van der Waals surface area contributed by atoms with E-state index in [-0.39, 0.29) is 69.4 Å². The van der Waals surface area contributed by atoms with Gasteiger partial charge in [0, 0.05) is 44.2 Å². The lowest BCUT2D eigenvalue weighted by molar-refractivity contribution is -0.155. The van der Waals surface area contributed by atoms with E-state index in [1.807, 2.05) is 6.07 Å². The molecule has 0 radical (unpaired) electrons. The summed E-state index contributed by atoms with van der Waals surface area (Å²) in [5, 5.41) is 2.74. The minimum atomic E-state index is -1.09. The number of benzene rings is 1. The van der Waals surface area contributed by atoms with Crippen molar-refractivity contribution in [2.24, 2.45) is 0 Å². The Kier molecular flexibility index (Phi) is 12.6. The Hall–Kier alpha value is -4.81. The summed E-state index contributed by atoms with van der Waals surface area (Å²) in [5.74, 6) is -1.93. The maximum Gasteiger partial charge on any atom is 0.409 e. The zero-order valence-corrected chi connectivity index (χ0v) is 26.4. The van der Waals surface area contributed by atoms with Gasteiger partial charge in [0.15, 0.2) is 5.82 Å². The van der Waals surface area contributed by atoms with Crippen LogP contribution < -0.4 is 5.32 Å². The minimum Gasteiger partial charge on any atom is -0.463 e. The van der Waals surface area contributed by atoms with E-state index >= 15 is 0 Å². The third-order valence-electron chi connectivity index (χ3n) is 6.47. The Balaban J connectivity index is 1.86. The SMILES string of the molecule is CCOC(=O)C=Cc1cc(C(=O)NC(CCC(=O)OC(C)(C)C)C(=O)N2CCN(C(=O)OCC)CC2)nc(-c2ccccc2)n1. The molecule has 1 aliphatic rings. The molecule has 0 saturated carbocycles. The molecule has 1 atom stereocenters. The Bertz CT molecular complexity index is 1380. The monoisotopic (exact) mass is 623 g/mol. The van der Waals surface area contributed by atoms with Crippen molar-refractivity contribution in [2.45, 2.75) is 59.1 Å². The second-order valence-electron chi connectivity index (χ2n) is 11.1. The van der Waals surface area contributed by atoms with E-state index in [9.17, 15) is 24.0 Å². The fourth-order valence-corrected chi connectivity index (χ4v) is 4.42. The average molecular weight is 624 g/mol. The summed E-state index contributed by atoms with van der Waals surface area (Å²) in [5.41, 5.74) is 0.143. The van der Waals surface area contributed by atoms with Crippen LogP contribution in [0, 0.1) is 0 Å². The molecule has 0 spiro atoms. The van der Waals surface area contributed by atoms with Crippen molar-refractivity contribution in [1.82, 2.24) is 25.1 Å². The number of carbonyl (C=O) groups excluding carboxylic acids is 5. The number of nitrogens with one attached hydrogen (secondary N) is 1. The van der Waals surface area contributed by atoms with E-state index in [4.69, 9.17) is 14.2 Å². The number of amides is 3. The maximum absolute atomic E-state index is 13.7. The normalized spacial score (nSPS) is 14.1. The second-order valence-corrected chi connectivity index (χ2v) is 11.1. The summed E-state index contributed by atoms with van der Waals surface area (Å²) in [6.07, 6.45) is 2.01. The predicted molar refractivity (Wildman–Crippen MR) is 165 cm³/mol. The number of rotatable bonds is 11. The molecular formula is C32H41N5O8. The molecule has 1 saturated heterocycles. The van der Waals surface area contributed by atoms with Crippen LogP contribution in [0.25, 0.3) is 17.5 Å². The highest BCUT2D eigenvalue weighted by Crippen LogP contribution is 2.18. The van der Waals surface area contributed by atoms with Gasteiger partial charge >= 0.3 is 18.0 Å². The third kappa shape index (κ3) is 11.0. The van der Waals surface area contributed by atoms with Gasteiger partial charge in [-0.15, -0.1) is 0 Å². The van der Waals surface area contributed by atoms with Crippen molar-refractivity contribution in [3.8, 4) is 11.4 Å². The molecule has 45 heavy (non-hydrogen) atoms. The summed E-state index contributed by atoms with van der Waals surface area (Å²) in [6.45, 7) is 10.1. The summed E-state index contributed by atoms with van der Waals surface area (Å²) in [4.78, 5) is 75.9. The number of piperazine rings is 1. The summed E-state index contributed by atoms with van der Waals surface area (Å²) in [7, 11) is 0. The van der Waals surface area contributed by atoms with E-state index in [2.05, 4.69) is 15.3 Å². The van der Waals surface area contributed by atoms with E-state index in [1.54, 1.807) is 63.8 Å². The summed E-state index contributed by atoms with van der Waals surface area (Å²) >= 11 is 0. The number of esters is 2. The number of ether oxygens (including phenoxy) is 3. The standard InChI is InChI=1S/C32H41N5O8/c1-6-43-26(38)15-13-23-21-25(34-28(33-23)22-11-9-8-10-12-22)29(40)35-24(14-16-27(39)45-32(3,4)5)30(41)36-17-19-37(20-18-36)31(42)44-7-2/h8-13,15,21,24H,6-7,14,16-20H2,1-5H3,(H,35,40). The van der Waals surface area contributed by atoms with E-state index in [0.29, 0.717) is 5.56 Å². The number of nitrogens with zero attached hydrogens (tertiary/aromatic N) is 4. The number of carbonyl (C=O) groups is 5. The Labute approximate surface area is 262 Å². The molecule has 1 aromatic carbocycles. The van der Waals surface area contributed by atoms with Crippen LogP contribution in [0.4, 0.5) is 4.79 Å². The molecule has 1 aromatic heterocycles. The highest BCUT2D eigenvalue weighted by Gasteiger charge is 2.32. The molecule has 2 heterocycles. The molecule has 0 bridgehead atoms. The fourth-order valence-electron chi connectivity index (χ4n) is 4.42. The first-order valence-electron chi connectivity index (χ1n) is 14.9. The fraction of sp³-hybridized carbons (Fsp3) is 0.469. The van der Waals surface area contributed by atoms with Crippen molar-refractivity contribution in [3.63, 3.8) is 0 Å². The van der Waals surface area contributed by atoms with Crippen LogP contribution in [-0.2, 0) is 28.6 Å². The van der Waals surface area contributed by atoms with Gasteiger partial charge in [-0.1, -0.05) is 30.3 Å². The third-order valence-corrected chi connectivity index (χ3v) is 6.47. The molecule has 3 rings (SSSR count). The Morgan fingerprint density at radius 3 is 2.20 bits per heavy atom. The summed E-state index contributed by atoms with van der Waals surface area (Å²) < 4.78 is 15.4. The van der Waals surface area contributed by atoms with Gasteiger partial charge in [-0.2, -0.15) is 0 Å².